The lowest BCUT2D eigenvalue weighted by Gasteiger charge is -2.26. The molecule has 0 unspecified atom stereocenters. The summed E-state index contributed by atoms with van der Waals surface area (Å²) in [5.74, 6) is 0.540. The van der Waals surface area contributed by atoms with E-state index in [1.54, 1.807) is 17.2 Å². The molecule has 0 aliphatic carbocycles. The zero-order chi connectivity index (χ0) is 12.3. The number of amides is 1. The van der Waals surface area contributed by atoms with Crippen molar-refractivity contribution in [3.8, 4) is 0 Å². The fraction of sp³-hybridized carbons (Fsp3) is 0.583. The molecule has 2 rings (SSSR count). The Balaban J connectivity index is 1.90. The molecule has 1 fully saturated rings. The summed E-state index contributed by atoms with van der Waals surface area (Å²) in [6, 6.07) is 1.67. The van der Waals surface area contributed by atoms with Crippen molar-refractivity contribution in [1.29, 1.82) is 0 Å². The Hall–Kier alpha value is -1.49. The van der Waals surface area contributed by atoms with E-state index in [0.29, 0.717) is 17.3 Å². The van der Waals surface area contributed by atoms with Crippen molar-refractivity contribution in [2.45, 2.75) is 12.8 Å². The summed E-state index contributed by atoms with van der Waals surface area (Å²) >= 11 is 0. The molecule has 1 amide bonds. The van der Waals surface area contributed by atoms with Crippen molar-refractivity contribution in [3.63, 3.8) is 0 Å². The first kappa shape index (κ1) is 12.0. The van der Waals surface area contributed by atoms with Crippen LogP contribution in [0.3, 0.4) is 0 Å². The van der Waals surface area contributed by atoms with E-state index in [1.165, 1.54) is 0 Å². The highest BCUT2D eigenvalue weighted by atomic mass is 16.5. The van der Waals surface area contributed by atoms with E-state index >= 15 is 0 Å². The highest BCUT2D eigenvalue weighted by molar-refractivity contribution is 5.93. The lowest BCUT2D eigenvalue weighted by atomic mass is 10.00. The number of rotatable bonds is 3. The van der Waals surface area contributed by atoms with Crippen molar-refractivity contribution in [1.82, 2.24) is 9.88 Å². The molecule has 0 spiro atoms. The normalized spacial score (nSPS) is 17.0. The molecule has 3 N–H and O–H groups in total. The van der Waals surface area contributed by atoms with Gasteiger partial charge in [-0.05, 0) is 24.8 Å². The fourth-order valence-corrected chi connectivity index (χ4v) is 2.14. The van der Waals surface area contributed by atoms with Gasteiger partial charge in [-0.3, -0.25) is 4.79 Å². The van der Waals surface area contributed by atoms with Crippen molar-refractivity contribution < 1.29 is 9.53 Å². The molecule has 2 heterocycles. The standard InChI is InChI=1S/C12H19N3O2/c1-15(8-9-2-4-17-5-3-9)12(16)11-6-10(13)7-14-11/h6-7,9,14H,2-5,8,13H2,1H3. The lowest BCUT2D eigenvalue weighted by molar-refractivity contribution is 0.0495. The number of aromatic amines is 1. The summed E-state index contributed by atoms with van der Waals surface area (Å²) in [7, 11) is 1.83. The molecule has 0 bridgehead atoms. The third kappa shape index (κ3) is 3.00. The molecule has 0 aromatic carbocycles. The zero-order valence-electron chi connectivity index (χ0n) is 10.1. The number of nitrogens with one attached hydrogen (secondary N) is 1. The van der Waals surface area contributed by atoms with Gasteiger partial charge in [0.25, 0.3) is 5.91 Å². The highest BCUT2D eigenvalue weighted by Crippen LogP contribution is 2.16. The average molecular weight is 237 g/mol. The Kier molecular flexibility index (Phi) is 3.68. The van der Waals surface area contributed by atoms with Gasteiger partial charge in [-0.15, -0.1) is 0 Å². The third-order valence-corrected chi connectivity index (χ3v) is 3.16. The van der Waals surface area contributed by atoms with Crippen molar-refractivity contribution in [3.05, 3.63) is 18.0 Å². The van der Waals surface area contributed by atoms with Crippen LogP contribution in [0.5, 0.6) is 0 Å². The van der Waals surface area contributed by atoms with E-state index in [0.717, 1.165) is 32.6 Å². The minimum atomic E-state index is -0.00630. The van der Waals surface area contributed by atoms with Crippen molar-refractivity contribution in [2.75, 3.05) is 32.5 Å². The Labute approximate surface area is 101 Å². The Bertz CT molecular complexity index is 383. The number of nitrogens with zero attached hydrogens (tertiary/aromatic N) is 1. The van der Waals surface area contributed by atoms with Crippen LogP contribution in [0.2, 0.25) is 0 Å². The van der Waals surface area contributed by atoms with E-state index < -0.39 is 0 Å². The quantitative estimate of drug-likeness (QED) is 0.826. The summed E-state index contributed by atoms with van der Waals surface area (Å²) in [5, 5.41) is 0. The number of hydrogen-bond donors (Lipinski definition) is 2. The topological polar surface area (TPSA) is 71.3 Å². The largest absolute Gasteiger partial charge is 0.397 e. The van der Waals surface area contributed by atoms with Crippen LogP contribution in [0.25, 0.3) is 0 Å². The fourth-order valence-electron chi connectivity index (χ4n) is 2.14. The summed E-state index contributed by atoms with van der Waals surface area (Å²) < 4.78 is 5.30. The van der Waals surface area contributed by atoms with Crippen LogP contribution in [0.1, 0.15) is 23.3 Å². The van der Waals surface area contributed by atoms with Crippen molar-refractivity contribution >= 4 is 11.6 Å². The molecular weight excluding hydrogens is 218 g/mol. The average Bonchev–Trinajstić information content (AvgIpc) is 2.76. The van der Waals surface area contributed by atoms with Gasteiger partial charge in [0.05, 0.1) is 0 Å². The second-order valence-electron chi connectivity index (χ2n) is 4.59. The molecule has 5 nitrogen and oxygen atoms in total. The molecule has 1 aliphatic rings. The first-order valence-corrected chi connectivity index (χ1v) is 5.94. The number of hydrogen-bond acceptors (Lipinski definition) is 3. The molecular formula is C12H19N3O2. The van der Waals surface area contributed by atoms with Crippen molar-refractivity contribution in [2.24, 2.45) is 5.92 Å². The summed E-state index contributed by atoms with van der Waals surface area (Å²) in [6.45, 7) is 2.39. The van der Waals surface area contributed by atoms with Gasteiger partial charge in [-0.25, -0.2) is 0 Å². The van der Waals surface area contributed by atoms with Gasteiger partial charge in [0, 0.05) is 38.7 Å². The van der Waals surface area contributed by atoms with E-state index in [9.17, 15) is 4.79 Å². The maximum absolute atomic E-state index is 12.0. The molecule has 0 saturated carbocycles. The van der Waals surface area contributed by atoms with Gasteiger partial charge >= 0.3 is 0 Å². The molecule has 1 aliphatic heterocycles. The van der Waals surface area contributed by atoms with Gasteiger partial charge < -0.3 is 20.4 Å². The maximum Gasteiger partial charge on any atom is 0.270 e. The van der Waals surface area contributed by atoms with Crippen LogP contribution in [-0.4, -0.2) is 42.6 Å². The zero-order valence-corrected chi connectivity index (χ0v) is 10.1. The van der Waals surface area contributed by atoms with E-state index in [2.05, 4.69) is 4.98 Å². The van der Waals surface area contributed by atoms with Crippen LogP contribution in [0.4, 0.5) is 5.69 Å². The van der Waals surface area contributed by atoms with Gasteiger partial charge in [-0.1, -0.05) is 0 Å². The number of ether oxygens (including phenoxy) is 1. The van der Waals surface area contributed by atoms with Crippen LogP contribution < -0.4 is 5.73 Å². The number of carbonyl (C=O) groups is 1. The maximum atomic E-state index is 12.0. The molecule has 1 aromatic heterocycles. The van der Waals surface area contributed by atoms with Gasteiger partial charge in [0.2, 0.25) is 0 Å². The molecule has 94 valence electrons. The summed E-state index contributed by atoms with van der Waals surface area (Å²) in [4.78, 5) is 16.7. The summed E-state index contributed by atoms with van der Waals surface area (Å²) in [5.41, 5.74) is 6.73. The molecule has 5 heteroatoms. The van der Waals surface area contributed by atoms with Gasteiger partial charge in [0.1, 0.15) is 5.69 Å². The van der Waals surface area contributed by atoms with Crippen LogP contribution >= 0.6 is 0 Å². The minimum absolute atomic E-state index is 0.00630. The molecule has 1 saturated heterocycles. The van der Waals surface area contributed by atoms with E-state index in [1.807, 2.05) is 7.05 Å². The van der Waals surface area contributed by atoms with Gasteiger partial charge in [0.15, 0.2) is 0 Å². The second-order valence-corrected chi connectivity index (χ2v) is 4.59. The molecule has 0 radical (unpaired) electrons. The Morgan fingerprint density at radius 1 is 1.59 bits per heavy atom. The number of carbonyl (C=O) groups excluding carboxylic acids is 1. The monoisotopic (exact) mass is 237 g/mol. The highest BCUT2D eigenvalue weighted by Gasteiger charge is 2.20. The number of anilines is 1. The smallest absolute Gasteiger partial charge is 0.270 e. The van der Waals surface area contributed by atoms with Crippen LogP contribution in [0.15, 0.2) is 12.3 Å². The number of nitrogen functional groups attached to an aromatic ring is 1. The van der Waals surface area contributed by atoms with E-state index in [-0.39, 0.29) is 5.91 Å². The second kappa shape index (κ2) is 5.23. The van der Waals surface area contributed by atoms with E-state index in [4.69, 9.17) is 10.5 Å². The molecule has 0 atom stereocenters. The summed E-state index contributed by atoms with van der Waals surface area (Å²) in [6.07, 6.45) is 3.70. The first-order chi connectivity index (χ1) is 8.16. The lowest BCUT2D eigenvalue weighted by Crippen LogP contribution is -2.34. The predicted octanol–water partition coefficient (Wildman–Crippen LogP) is 1.10. The molecule has 1 aromatic rings. The van der Waals surface area contributed by atoms with Crippen LogP contribution in [-0.2, 0) is 4.74 Å². The predicted molar refractivity (Wildman–Crippen MR) is 65.7 cm³/mol. The Morgan fingerprint density at radius 2 is 2.29 bits per heavy atom. The number of nitrogens with two attached hydrogens (primary N) is 1. The first-order valence-electron chi connectivity index (χ1n) is 5.94. The number of H-pyrrole nitrogens is 1. The number of aromatic nitrogens is 1. The SMILES string of the molecule is CN(CC1CCOCC1)C(=O)c1cc(N)c[nH]1. The molecule has 17 heavy (non-hydrogen) atoms. The Morgan fingerprint density at radius 3 is 2.88 bits per heavy atom. The van der Waals surface area contributed by atoms with Crippen LogP contribution in [0, 0.1) is 5.92 Å². The van der Waals surface area contributed by atoms with Gasteiger partial charge in [-0.2, -0.15) is 0 Å². The minimum Gasteiger partial charge on any atom is -0.397 e. The third-order valence-electron chi connectivity index (χ3n) is 3.16.